The summed E-state index contributed by atoms with van der Waals surface area (Å²) in [6, 6.07) is 6.99. The summed E-state index contributed by atoms with van der Waals surface area (Å²) in [6.07, 6.45) is -4.00. The minimum absolute atomic E-state index is 0.0234. The molecule has 0 saturated carbocycles. The number of aryl methyl sites for hydroxylation is 1. The summed E-state index contributed by atoms with van der Waals surface area (Å²) in [5.74, 6) is -0.220. The standard InChI is InChI=1S/C19H17F3N4O4/c1-28-12-5-2-10(3-6-12)17-23-15(30-26-17)9-29-18(27)11-4-7-14-13(8-11)16(25-24-14)19(20,21)22/h2-3,5-6,11H,4,7-9H2,1H3,(H,24,25)/t11-/m1/s1. The number of H-pyrrole nitrogens is 1. The number of aromatic amines is 1. The molecule has 0 saturated heterocycles. The first kappa shape index (κ1) is 19.9. The van der Waals surface area contributed by atoms with E-state index in [0.717, 1.165) is 0 Å². The van der Waals surface area contributed by atoms with Gasteiger partial charge in [0.25, 0.3) is 5.89 Å². The number of fused-ring (bicyclic) bond motifs is 1. The monoisotopic (exact) mass is 422 g/mol. The normalized spacial score (nSPS) is 16.2. The summed E-state index contributed by atoms with van der Waals surface area (Å²) in [4.78, 5) is 16.5. The highest BCUT2D eigenvalue weighted by Crippen LogP contribution is 2.36. The van der Waals surface area contributed by atoms with Crippen molar-refractivity contribution in [1.82, 2.24) is 20.3 Å². The van der Waals surface area contributed by atoms with Crippen molar-refractivity contribution in [2.24, 2.45) is 5.92 Å². The van der Waals surface area contributed by atoms with Gasteiger partial charge in [0.2, 0.25) is 5.82 Å². The van der Waals surface area contributed by atoms with Crippen LogP contribution in [-0.2, 0) is 35.2 Å². The van der Waals surface area contributed by atoms with Crippen molar-refractivity contribution in [3.63, 3.8) is 0 Å². The third-order valence-corrected chi connectivity index (χ3v) is 4.90. The first-order chi connectivity index (χ1) is 14.3. The van der Waals surface area contributed by atoms with E-state index in [0.29, 0.717) is 35.7 Å². The molecule has 0 fully saturated rings. The predicted octanol–water partition coefficient (Wildman–Crippen LogP) is 3.34. The van der Waals surface area contributed by atoms with Gasteiger partial charge in [-0.05, 0) is 43.5 Å². The molecule has 158 valence electrons. The fourth-order valence-corrected chi connectivity index (χ4v) is 3.35. The number of benzene rings is 1. The van der Waals surface area contributed by atoms with Crippen LogP contribution in [-0.4, -0.2) is 33.4 Å². The highest BCUT2D eigenvalue weighted by atomic mass is 19.4. The molecule has 8 nitrogen and oxygen atoms in total. The lowest BCUT2D eigenvalue weighted by Crippen LogP contribution is -2.25. The van der Waals surface area contributed by atoms with Gasteiger partial charge in [0.05, 0.1) is 13.0 Å². The Labute approximate surface area is 168 Å². The molecule has 2 aromatic heterocycles. The van der Waals surface area contributed by atoms with E-state index >= 15 is 0 Å². The largest absolute Gasteiger partial charge is 0.497 e. The van der Waals surface area contributed by atoms with Crippen LogP contribution < -0.4 is 4.74 Å². The molecule has 0 aliphatic heterocycles. The Bertz CT molecular complexity index is 1040. The number of hydrogen-bond donors (Lipinski definition) is 1. The highest BCUT2D eigenvalue weighted by molar-refractivity contribution is 5.73. The van der Waals surface area contributed by atoms with Crippen LogP contribution >= 0.6 is 0 Å². The van der Waals surface area contributed by atoms with Gasteiger partial charge in [-0.1, -0.05) is 5.16 Å². The summed E-state index contributed by atoms with van der Waals surface area (Å²) < 4.78 is 54.6. The molecule has 11 heteroatoms. The number of ether oxygens (including phenoxy) is 2. The van der Waals surface area contributed by atoms with Crippen molar-refractivity contribution in [2.45, 2.75) is 32.0 Å². The summed E-state index contributed by atoms with van der Waals surface area (Å²) in [5.41, 5.74) is 0.148. The molecule has 1 aromatic carbocycles. The molecule has 1 aliphatic carbocycles. The van der Waals surface area contributed by atoms with E-state index in [9.17, 15) is 18.0 Å². The molecule has 0 radical (unpaired) electrons. The van der Waals surface area contributed by atoms with Gasteiger partial charge in [0, 0.05) is 16.8 Å². The van der Waals surface area contributed by atoms with Crippen LogP contribution in [0.25, 0.3) is 11.4 Å². The third-order valence-electron chi connectivity index (χ3n) is 4.90. The van der Waals surface area contributed by atoms with Crippen LogP contribution in [0.5, 0.6) is 5.75 Å². The second kappa shape index (κ2) is 7.81. The van der Waals surface area contributed by atoms with E-state index in [1.54, 1.807) is 31.4 Å². The van der Waals surface area contributed by atoms with Crippen molar-refractivity contribution >= 4 is 5.97 Å². The molecule has 0 unspecified atom stereocenters. The van der Waals surface area contributed by atoms with E-state index < -0.39 is 23.8 Å². The lowest BCUT2D eigenvalue weighted by molar-refractivity contribution is -0.152. The zero-order chi connectivity index (χ0) is 21.3. The van der Waals surface area contributed by atoms with Crippen molar-refractivity contribution in [1.29, 1.82) is 0 Å². The van der Waals surface area contributed by atoms with Crippen molar-refractivity contribution in [3.8, 4) is 17.1 Å². The van der Waals surface area contributed by atoms with Crippen molar-refractivity contribution in [3.05, 3.63) is 47.1 Å². The number of hydrogen-bond acceptors (Lipinski definition) is 7. The molecule has 1 atom stereocenters. The Morgan fingerprint density at radius 3 is 2.77 bits per heavy atom. The second-order valence-electron chi connectivity index (χ2n) is 6.81. The fourth-order valence-electron chi connectivity index (χ4n) is 3.35. The predicted molar refractivity (Wildman–Crippen MR) is 95.2 cm³/mol. The van der Waals surface area contributed by atoms with Gasteiger partial charge in [0.1, 0.15) is 5.75 Å². The number of nitrogens with one attached hydrogen (secondary N) is 1. The Kier molecular flexibility index (Phi) is 5.18. The molecule has 4 rings (SSSR count). The first-order valence-electron chi connectivity index (χ1n) is 9.12. The quantitative estimate of drug-likeness (QED) is 0.629. The van der Waals surface area contributed by atoms with E-state index in [-0.39, 0.29) is 24.5 Å². The van der Waals surface area contributed by atoms with Crippen LogP contribution in [0.15, 0.2) is 28.8 Å². The molecule has 1 aliphatic rings. The zero-order valence-electron chi connectivity index (χ0n) is 15.8. The van der Waals surface area contributed by atoms with Gasteiger partial charge >= 0.3 is 12.1 Å². The molecular formula is C19H17F3N4O4. The first-order valence-corrected chi connectivity index (χ1v) is 9.12. The van der Waals surface area contributed by atoms with Gasteiger partial charge in [-0.25, -0.2) is 0 Å². The number of alkyl halides is 3. The topological polar surface area (TPSA) is 103 Å². The maximum Gasteiger partial charge on any atom is 0.435 e. The highest BCUT2D eigenvalue weighted by Gasteiger charge is 2.40. The van der Waals surface area contributed by atoms with Gasteiger partial charge in [-0.15, -0.1) is 0 Å². The number of aromatic nitrogens is 4. The molecule has 2 heterocycles. The van der Waals surface area contributed by atoms with Crippen molar-refractivity contribution in [2.75, 3.05) is 7.11 Å². The summed E-state index contributed by atoms with van der Waals surface area (Å²) in [5, 5.41) is 9.61. The van der Waals surface area contributed by atoms with Crippen LogP contribution in [0.1, 0.15) is 29.3 Å². The lowest BCUT2D eigenvalue weighted by Gasteiger charge is -2.21. The maximum absolute atomic E-state index is 13.1. The number of esters is 1. The number of methoxy groups -OCH3 is 1. The van der Waals surface area contributed by atoms with Crippen LogP contribution in [0.3, 0.4) is 0 Å². The zero-order valence-corrected chi connectivity index (χ0v) is 15.8. The SMILES string of the molecule is COc1ccc(-c2noc(COC(=O)[C@@H]3CCc4[nH]nc(C(F)(F)F)c4C3)n2)cc1. The summed E-state index contributed by atoms with van der Waals surface area (Å²) >= 11 is 0. The van der Waals surface area contributed by atoms with E-state index in [1.807, 2.05) is 0 Å². The smallest absolute Gasteiger partial charge is 0.435 e. The molecule has 1 N–H and O–H groups in total. The number of carbonyl (C=O) groups is 1. The Hall–Kier alpha value is -3.37. The van der Waals surface area contributed by atoms with E-state index in [4.69, 9.17) is 14.0 Å². The van der Waals surface area contributed by atoms with Gasteiger partial charge in [0.15, 0.2) is 12.3 Å². The summed E-state index contributed by atoms with van der Waals surface area (Å²) in [6.45, 7) is -0.261. The molecule has 30 heavy (non-hydrogen) atoms. The minimum atomic E-state index is -4.57. The number of carbonyl (C=O) groups excluding carboxylic acids is 1. The summed E-state index contributed by atoms with van der Waals surface area (Å²) in [7, 11) is 1.55. The van der Waals surface area contributed by atoms with Crippen LogP contribution in [0.2, 0.25) is 0 Å². The van der Waals surface area contributed by atoms with Crippen LogP contribution in [0, 0.1) is 5.92 Å². The molecule has 3 aromatic rings. The average Bonchev–Trinajstić information content (AvgIpc) is 3.38. The molecule has 0 spiro atoms. The average molecular weight is 422 g/mol. The molecule has 0 amide bonds. The molecule has 0 bridgehead atoms. The van der Waals surface area contributed by atoms with Gasteiger partial charge in [-0.2, -0.15) is 23.3 Å². The Balaban J connectivity index is 1.37. The number of nitrogens with zero attached hydrogens (tertiary/aromatic N) is 3. The van der Waals surface area contributed by atoms with Crippen LogP contribution in [0.4, 0.5) is 13.2 Å². The van der Waals surface area contributed by atoms with Gasteiger partial charge < -0.3 is 14.0 Å². The second-order valence-corrected chi connectivity index (χ2v) is 6.81. The Morgan fingerprint density at radius 2 is 2.07 bits per heavy atom. The van der Waals surface area contributed by atoms with Gasteiger partial charge in [-0.3, -0.25) is 9.89 Å². The third kappa shape index (κ3) is 4.00. The molecular weight excluding hydrogens is 405 g/mol. The number of rotatable bonds is 5. The van der Waals surface area contributed by atoms with E-state index in [2.05, 4.69) is 20.3 Å². The van der Waals surface area contributed by atoms with Crippen molar-refractivity contribution < 1.29 is 32.0 Å². The number of halogens is 3. The maximum atomic E-state index is 13.1. The fraction of sp³-hybridized carbons (Fsp3) is 0.368. The van der Waals surface area contributed by atoms with E-state index in [1.165, 1.54) is 0 Å². The lowest BCUT2D eigenvalue weighted by atomic mass is 9.86. The minimum Gasteiger partial charge on any atom is -0.497 e. The Morgan fingerprint density at radius 1 is 1.30 bits per heavy atom.